The van der Waals surface area contributed by atoms with E-state index in [0.717, 1.165) is 116 Å². The molecule has 59 heavy (non-hydrogen) atoms. The molecule has 0 bridgehead atoms. The predicted molar refractivity (Wildman–Crippen MR) is 219 cm³/mol. The van der Waals surface area contributed by atoms with E-state index in [-0.39, 0.29) is 24.7 Å². The van der Waals surface area contributed by atoms with Gasteiger partial charge in [-0.05, 0) is 86.7 Å². The molecule has 0 spiro atoms. The quantitative estimate of drug-likeness (QED) is 0.203. The maximum absolute atomic E-state index is 13.3. The first-order chi connectivity index (χ1) is 28.8. The molecule has 15 heteroatoms. The lowest BCUT2D eigenvalue weighted by atomic mass is 9.84. The molecule has 3 N–H and O–H groups in total. The number of hydrogen-bond acceptors (Lipinski definition) is 12. The number of anilines is 2. The van der Waals surface area contributed by atoms with Gasteiger partial charge in [-0.3, -0.25) is 34.3 Å². The number of rotatable bonds is 9. The number of ether oxygens (including phenoxy) is 1. The molecule has 2 aromatic heterocycles. The molecule has 15 nitrogen and oxygen atoms in total. The highest BCUT2D eigenvalue weighted by atomic mass is 16.5. The van der Waals surface area contributed by atoms with Crippen LogP contribution in [0.4, 0.5) is 11.5 Å². The molecule has 3 aromatic carbocycles. The van der Waals surface area contributed by atoms with Gasteiger partial charge in [0.25, 0.3) is 11.8 Å². The summed E-state index contributed by atoms with van der Waals surface area (Å²) in [6.07, 6.45) is 6.05. The van der Waals surface area contributed by atoms with Crippen LogP contribution in [0.2, 0.25) is 0 Å². The van der Waals surface area contributed by atoms with Crippen molar-refractivity contribution in [3.63, 3.8) is 0 Å². The molecule has 1 saturated carbocycles. The second-order valence-electron chi connectivity index (χ2n) is 16.5. The molecule has 1 unspecified atom stereocenters. The monoisotopic (exact) mass is 794 g/mol. The first-order valence-corrected chi connectivity index (χ1v) is 20.7. The molecule has 4 fully saturated rings. The average Bonchev–Trinajstić information content (AvgIpc) is 3.75. The van der Waals surface area contributed by atoms with E-state index in [0.29, 0.717) is 28.9 Å². The van der Waals surface area contributed by atoms with Crippen molar-refractivity contribution >= 4 is 40.7 Å². The second kappa shape index (κ2) is 15.2. The summed E-state index contributed by atoms with van der Waals surface area (Å²) in [4.78, 5) is 68.5. The summed E-state index contributed by atoms with van der Waals surface area (Å²) in [6.45, 7) is 7.00. The predicted octanol–water partition coefficient (Wildman–Crippen LogP) is 4.35. The van der Waals surface area contributed by atoms with Crippen LogP contribution in [0.1, 0.15) is 71.0 Å². The van der Waals surface area contributed by atoms with Crippen molar-refractivity contribution in [1.82, 2.24) is 39.6 Å². The highest BCUT2D eigenvalue weighted by Crippen LogP contribution is 2.39. The molecule has 1 atom stereocenters. The second-order valence-corrected chi connectivity index (χ2v) is 16.5. The zero-order chi connectivity index (χ0) is 40.2. The van der Waals surface area contributed by atoms with Gasteiger partial charge in [0.15, 0.2) is 5.82 Å². The first-order valence-electron chi connectivity index (χ1n) is 20.7. The molecule has 1 aliphatic carbocycles. The van der Waals surface area contributed by atoms with E-state index in [1.165, 1.54) is 6.33 Å². The molecule has 4 amide bonds. The zero-order valence-electron chi connectivity index (χ0n) is 32.7. The molecule has 302 valence electrons. The fourth-order valence-corrected chi connectivity index (χ4v) is 9.68. The Balaban J connectivity index is 0.710. The van der Waals surface area contributed by atoms with Gasteiger partial charge in [-0.25, -0.2) is 14.5 Å². The highest BCUT2D eigenvalue weighted by molar-refractivity contribution is 6.23. The summed E-state index contributed by atoms with van der Waals surface area (Å²) in [5.74, 6) is 1.76. The molecule has 6 heterocycles. The van der Waals surface area contributed by atoms with E-state index in [4.69, 9.17) is 15.5 Å². The van der Waals surface area contributed by atoms with Crippen molar-refractivity contribution in [1.29, 1.82) is 0 Å². The van der Waals surface area contributed by atoms with Crippen LogP contribution in [0.15, 0.2) is 79.1 Å². The number of imide groups is 2. The number of hydrogen-bond donors (Lipinski definition) is 2. The Hall–Kier alpha value is -6.19. The lowest BCUT2D eigenvalue weighted by Crippen LogP contribution is -2.56. The van der Waals surface area contributed by atoms with Crippen LogP contribution in [0.25, 0.3) is 16.8 Å². The van der Waals surface area contributed by atoms with Crippen molar-refractivity contribution in [2.45, 2.75) is 56.5 Å². The molecule has 0 radical (unpaired) electrons. The molecule has 4 aliphatic heterocycles. The van der Waals surface area contributed by atoms with E-state index in [9.17, 15) is 19.2 Å². The maximum Gasteiger partial charge on any atom is 0.262 e. The highest BCUT2D eigenvalue weighted by Gasteiger charge is 2.45. The number of nitrogens with zero attached hydrogens (tertiary/aromatic N) is 8. The third-order valence-corrected chi connectivity index (χ3v) is 12.8. The Morgan fingerprint density at radius 3 is 2.27 bits per heavy atom. The summed E-state index contributed by atoms with van der Waals surface area (Å²) in [5, 5.41) is 6.88. The molecule has 10 rings (SSSR count). The number of piperidine rings is 1. The first kappa shape index (κ1) is 37.1. The van der Waals surface area contributed by atoms with Crippen LogP contribution < -0.4 is 20.7 Å². The van der Waals surface area contributed by atoms with Gasteiger partial charge in [0.1, 0.15) is 40.9 Å². The van der Waals surface area contributed by atoms with Crippen LogP contribution in [-0.2, 0) is 9.59 Å². The summed E-state index contributed by atoms with van der Waals surface area (Å²) in [6, 6.07) is 22.6. The molecule has 3 saturated heterocycles. The summed E-state index contributed by atoms with van der Waals surface area (Å²) >= 11 is 0. The van der Waals surface area contributed by atoms with E-state index in [2.05, 4.69) is 30.1 Å². The van der Waals surface area contributed by atoms with Crippen molar-refractivity contribution in [3.05, 3.63) is 96.1 Å². The van der Waals surface area contributed by atoms with Gasteiger partial charge in [0.05, 0.1) is 11.1 Å². The third-order valence-electron chi connectivity index (χ3n) is 12.8. The fraction of sp³-hybridized carbons (Fsp3) is 0.386. The van der Waals surface area contributed by atoms with E-state index >= 15 is 0 Å². The van der Waals surface area contributed by atoms with Gasteiger partial charge in [0.2, 0.25) is 11.8 Å². The van der Waals surface area contributed by atoms with Crippen LogP contribution in [0.5, 0.6) is 11.5 Å². The molecule has 5 aromatic rings. The SMILES string of the molecule is Nc1ncnn2c(C3CCC(N4CCN(CC5CN(c6ccc7c(c6)C(=O)N(C6CCC(=O)NC6=O)C7=O)C5)CC4)CC3)nc(-c3ccc(Oc4ccccc4)cc3)c12. The number of fused-ring (bicyclic) bond motifs is 2. The topological polar surface area (TPSA) is 172 Å². The number of amides is 4. The standard InChI is InChI=1S/C44H46N10O5/c45-40-39-38(28-8-13-33(14-9-28)59-32-4-2-1-3-5-32)49-41(54(39)47-26-46-40)29-6-10-30(11-7-29)51-20-18-50(19-21-51)23-27-24-52(25-27)31-12-15-34-35(22-31)44(58)53(43(34)57)36-16-17-37(55)48-42(36)56/h1-5,8-9,12-15,22,26-27,29-30,36H,6-7,10-11,16-21,23-25H2,(H2,45,46,47)(H,48,55,56). The average molecular weight is 795 g/mol. The van der Waals surface area contributed by atoms with Crippen molar-refractivity contribution in [2.24, 2.45) is 5.92 Å². The van der Waals surface area contributed by atoms with Crippen LogP contribution in [-0.4, -0.2) is 116 Å². The lowest BCUT2D eigenvalue weighted by Gasteiger charge is -2.46. The summed E-state index contributed by atoms with van der Waals surface area (Å²) in [7, 11) is 0. The van der Waals surface area contributed by atoms with E-state index in [1.807, 2.05) is 65.2 Å². The Bertz CT molecular complexity index is 2430. The van der Waals surface area contributed by atoms with Gasteiger partial charge in [-0.1, -0.05) is 18.2 Å². The summed E-state index contributed by atoms with van der Waals surface area (Å²) < 4.78 is 7.91. The lowest BCUT2D eigenvalue weighted by molar-refractivity contribution is -0.136. The van der Waals surface area contributed by atoms with Gasteiger partial charge >= 0.3 is 0 Å². The number of aromatic nitrogens is 4. The molecule has 5 aliphatic rings. The van der Waals surface area contributed by atoms with Crippen molar-refractivity contribution < 1.29 is 23.9 Å². The molecular formula is C44H46N10O5. The molecular weight excluding hydrogens is 749 g/mol. The number of para-hydroxylation sites is 1. The van der Waals surface area contributed by atoms with E-state index < -0.39 is 23.8 Å². The van der Waals surface area contributed by atoms with Gasteiger partial charge in [-0.15, -0.1) is 0 Å². The maximum atomic E-state index is 13.3. The largest absolute Gasteiger partial charge is 0.457 e. The van der Waals surface area contributed by atoms with Crippen LogP contribution in [0, 0.1) is 5.92 Å². The van der Waals surface area contributed by atoms with Gasteiger partial charge < -0.3 is 20.3 Å². The minimum absolute atomic E-state index is 0.101. The smallest absolute Gasteiger partial charge is 0.262 e. The Morgan fingerprint density at radius 1 is 0.797 bits per heavy atom. The number of imidazole rings is 1. The number of benzene rings is 3. The summed E-state index contributed by atoms with van der Waals surface area (Å²) in [5.41, 5.74) is 10.5. The van der Waals surface area contributed by atoms with E-state index in [1.54, 1.807) is 12.1 Å². The van der Waals surface area contributed by atoms with Crippen molar-refractivity contribution in [2.75, 3.05) is 56.4 Å². The van der Waals surface area contributed by atoms with Crippen LogP contribution >= 0.6 is 0 Å². The Morgan fingerprint density at radius 2 is 1.53 bits per heavy atom. The zero-order valence-corrected chi connectivity index (χ0v) is 32.7. The number of piperazine rings is 1. The number of nitrogens with one attached hydrogen (secondary N) is 1. The Labute approximate surface area is 341 Å². The number of nitrogens with two attached hydrogens (primary N) is 1. The number of carbonyl (C=O) groups is 4. The number of carbonyl (C=O) groups excluding carboxylic acids is 4. The third kappa shape index (κ3) is 6.97. The minimum atomic E-state index is -0.961. The van der Waals surface area contributed by atoms with Crippen molar-refractivity contribution in [3.8, 4) is 22.8 Å². The normalized spacial score (nSPS) is 23.1. The fourth-order valence-electron chi connectivity index (χ4n) is 9.68. The minimum Gasteiger partial charge on any atom is -0.457 e. The Kier molecular flexibility index (Phi) is 9.56. The van der Waals surface area contributed by atoms with Crippen LogP contribution in [0.3, 0.4) is 0 Å². The van der Waals surface area contributed by atoms with Gasteiger partial charge in [-0.2, -0.15) is 5.10 Å². The number of nitrogen functional groups attached to an aromatic ring is 1. The van der Waals surface area contributed by atoms with Gasteiger partial charge in [0, 0.05) is 81.4 Å².